The Hall–Kier alpha value is -3.03. The highest BCUT2D eigenvalue weighted by Crippen LogP contribution is 2.29. The fourth-order valence-electron chi connectivity index (χ4n) is 3.28. The van der Waals surface area contributed by atoms with Gasteiger partial charge in [0.25, 0.3) is 5.91 Å². The second-order valence-corrected chi connectivity index (χ2v) is 8.88. The average Bonchev–Trinajstić information content (AvgIpc) is 3.22. The van der Waals surface area contributed by atoms with Crippen LogP contribution in [0.4, 0.5) is 5.69 Å². The number of hydrogen-bond donors (Lipinski definition) is 2. The highest BCUT2D eigenvalue weighted by molar-refractivity contribution is 9.10. The zero-order valence-corrected chi connectivity index (χ0v) is 20.1. The van der Waals surface area contributed by atoms with Crippen molar-refractivity contribution < 1.29 is 9.21 Å². The van der Waals surface area contributed by atoms with Crippen LogP contribution >= 0.6 is 28.1 Å². The molecule has 2 N–H and O–H groups in total. The summed E-state index contributed by atoms with van der Waals surface area (Å²) in [5, 5.41) is 5.96. The van der Waals surface area contributed by atoms with E-state index in [0.717, 1.165) is 33.2 Å². The number of benzene rings is 3. The molecule has 162 valence electrons. The van der Waals surface area contributed by atoms with E-state index in [0.29, 0.717) is 17.4 Å². The number of anilines is 1. The van der Waals surface area contributed by atoms with E-state index < -0.39 is 0 Å². The molecule has 4 aromatic rings. The molecule has 1 heterocycles. The number of hydrogen-bond acceptors (Lipinski definition) is 4. The van der Waals surface area contributed by atoms with E-state index >= 15 is 0 Å². The number of carbonyl (C=O) groups excluding carboxylic acids is 1. The molecule has 0 saturated heterocycles. The number of nitrogens with zero attached hydrogens (tertiary/aromatic N) is 1. The molecule has 4 rings (SSSR count). The third-order valence-electron chi connectivity index (χ3n) is 5.29. The molecule has 32 heavy (non-hydrogen) atoms. The summed E-state index contributed by atoms with van der Waals surface area (Å²) in [7, 11) is 0. The number of carbonyl (C=O) groups is 1. The Balaban J connectivity index is 1.49. The molecule has 0 unspecified atom stereocenters. The van der Waals surface area contributed by atoms with Crippen LogP contribution in [0.15, 0.2) is 75.6 Å². The Morgan fingerprint density at radius 1 is 1.12 bits per heavy atom. The van der Waals surface area contributed by atoms with Crippen molar-refractivity contribution in [3.8, 4) is 11.5 Å². The lowest BCUT2D eigenvalue weighted by Crippen LogP contribution is -2.34. The maximum atomic E-state index is 12.4. The van der Waals surface area contributed by atoms with Gasteiger partial charge in [-0.1, -0.05) is 41.9 Å². The van der Waals surface area contributed by atoms with E-state index in [1.165, 1.54) is 5.56 Å². The van der Waals surface area contributed by atoms with Crippen molar-refractivity contribution in [3.05, 3.63) is 82.3 Å². The molecular weight excluding hydrogens is 486 g/mol. The zero-order valence-electron chi connectivity index (χ0n) is 17.7. The first-order valence-electron chi connectivity index (χ1n) is 10.3. The van der Waals surface area contributed by atoms with Crippen molar-refractivity contribution in [1.82, 2.24) is 10.3 Å². The van der Waals surface area contributed by atoms with Gasteiger partial charge < -0.3 is 9.73 Å². The summed E-state index contributed by atoms with van der Waals surface area (Å²) < 4.78 is 6.87. The highest BCUT2D eigenvalue weighted by Gasteiger charge is 2.12. The summed E-state index contributed by atoms with van der Waals surface area (Å²) in [4.78, 5) is 17.0. The maximum absolute atomic E-state index is 12.4. The summed E-state index contributed by atoms with van der Waals surface area (Å²) in [5.41, 5.74) is 4.91. The Labute approximate surface area is 200 Å². The van der Waals surface area contributed by atoms with E-state index in [1.54, 1.807) is 24.3 Å². The van der Waals surface area contributed by atoms with Crippen LogP contribution in [0.3, 0.4) is 0 Å². The van der Waals surface area contributed by atoms with Crippen LogP contribution in [0.25, 0.3) is 22.6 Å². The predicted molar refractivity (Wildman–Crippen MR) is 136 cm³/mol. The molecule has 1 aromatic heterocycles. The van der Waals surface area contributed by atoms with Gasteiger partial charge in [-0.05, 0) is 84.7 Å². The van der Waals surface area contributed by atoms with Gasteiger partial charge in [-0.2, -0.15) is 0 Å². The minimum atomic E-state index is -0.276. The molecule has 0 radical (unpaired) electrons. The van der Waals surface area contributed by atoms with Crippen LogP contribution in [-0.4, -0.2) is 16.0 Å². The standard InChI is InChI=1S/C25H22BrN3O2S/c1-3-15(2)17-9-12-22-21(14-17)28-24(31-22)18-5-4-6-20(13-18)27-25(32)29-23(30)16-7-10-19(26)11-8-16/h4-15H,3H2,1-2H3,(H2,27,29,30,32)/t15-/m0/s1. The number of amides is 1. The number of thiocarbonyl (C=S) groups is 1. The molecule has 0 saturated carbocycles. The molecular formula is C25H22BrN3O2S. The lowest BCUT2D eigenvalue weighted by atomic mass is 9.98. The number of rotatable bonds is 5. The summed E-state index contributed by atoms with van der Waals surface area (Å²) in [6.07, 6.45) is 1.07. The average molecular weight is 508 g/mol. The normalized spacial score (nSPS) is 11.8. The molecule has 5 nitrogen and oxygen atoms in total. The van der Waals surface area contributed by atoms with Crippen molar-refractivity contribution >= 4 is 56.0 Å². The molecule has 0 aliphatic carbocycles. The Morgan fingerprint density at radius 2 is 1.91 bits per heavy atom. The lowest BCUT2D eigenvalue weighted by molar-refractivity contribution is 0.0977. The molecule has 3 aromatic carbocycles. The topological polar surface area (TPSA) is 67.2 Å². The van der Waals surface area contributed by atoms with E-state index in [2.05, 4.69) is 57.5 Å². The minimum absolute atomic E-state index is 0.214. The van der Waals surface area contributed by atoms with Gasteiger partial charge in [-0.15, -0.1) is 0 Å². The molecule has 0 bridgehead atoms. The fourth-order valence-corrected chi connectivity index (χ4v) is 3.75. The predicted octanol–water partition coefficient (Wildman–Crippen LogP) is 6.90. The van der Waals surface area contributed by atoms with Crippen LogP contribution in [0.1, 0.15) is 42.1 Å². The van der Waals surface area contributed by atoms with Crippen LogP contribution in [0.2, 0.25) is 0 Å². The smallest absolute Gasteiger partial charge is 0.257 e. The quantitative estimate of drug-likeness (QED) is 0.287. The van der Waals surface area contributed by atoms with Crippen molar-refractivity contribution in [2.75, 3.05) is 5.32 Å². The molecule has 1 atom stereocenters. The number of nitrogens with one attached hydrogen (secondary N) is 2. The first-order chi connectivity index (χ1) is 15.4. The number of halogens is 1. The number of oxazole rings is 1. The lowest BCUT2D eigenvalue weighted by Gasteiger charge is -2.10. The maximum Gasteiger partial charge on any atom is 0.257 e. The SMILES string of the molecule is CC[C@H](C)c1ccc2oc(-c3cccc(NC(=S)NC(=O)c4ccc(Br)cc4)c3)nc2c1. The number of aromatic nitrogens is 1. The zero-order chi connectivity index (χ0) is 22.7. The summed E-state index contributed by atoms with van der Waals surface area (Å²) in [5.74, 6) is 0.734. The first kappa shape index (κ1) is 22.2. The second-order valence-electron chi connectivity index (χ2n) is 7.55. The van der Waals surface area contributed by atoms with Crippen molar-refractivity contribution in [2.24, 2.45) is 0 Å². The molecule has 1 amide bonds. The molecule has 0 aliphatic heterocycles. The van der Waals surface area contributed by atoms with Gasteiger partial charge in [-0.25, -0.2) is 4.98 Å². The largest absolute Gasteiger partial charge is 0.436 e. The second kappa shape index (κ2) is 9.63. The summed E-state index contributed by atoms with van der Waals surface area (Å²) >= 11 is 8.67. The molecule has 0 spiro atoms. The van der Waals surface area contributed by atoms with Crippen LogP contribution < -0.4 is 10.6 Å². The molecule has 0 fully saturated rings. The third kappa shape index (κ3) is 5.06. The third-order valence-corrected chi connectivity index (χ3v) is 6.03. The molecule has 0 aliphatic rings. The van der Waals surface area contributed by atoms with Gasteiger partial charge in [0.15, 0.2) is 10.7 Å². The van der Waals surface area contributed by atoms with Crippen molar-refractivity contribution in [1.29, 1.82) is 0 Å². The first-order valence-corrected chi connectivity index (χ1v) is 11.5. The summed E-state index contributed by atoms with van der Waals surface area (Å²) in [6, 6.07) is 20.8. The van der Waals surface area contributed by atoms with E-state index in [4.69, 9.17) is 16.6 Å². The van der Waals surface area contributed by atoms with Crippen LogP contribution in [0, 0.1) is 0 Å². The van der Waals surface area contributed by atoms with Gasteiger partial charge in [0, 0.05) is 21.3 Å². The van der Waals surface area contributed by atoms with E-state index in [-0.39, 0.29) is 11.0 Å². The van der Waals surface area contributed by atoms with Crippen LogP contribution in [-0.2, 0) is 0 Å². The van der Waals surface area contributed by atoms with Gasteiger partial charge in [-0.3, -0.25) is 10.1 Å². The Morgan fingerprint density at radius 3 is 2.66 bits per heavy atom. The van der Waals surface area contributed by atoms with E-state index in [1.807, 2.05) is 30.3 Å². The van der Waals surface area contributed by atoms with E-state index in [9.17, 15) is 4.79 Å². The van der Waals surface area contributed by atoms with Gasteiger partial charge in [0.2, 0.25) is 5.89 Å². The molecule has 7 heteroatoms. The van der Waals surface area contributed by atoms with Crippen molar-refractivity contribution in [2.45, 2.75) is 26.2 Å². The Bertz CT molecular complexity index is 1280. The fraction of sp³-hybridized carbons (Fsp3) is 0.160. The summed E-state index contributed by atoms with van der Waals surface area (Å²) in [6.45, 7) is 4.38. The van der Waals surface area contributed by atoms with Gasteiger partial charge >= 0.3 is 0 Å². The highest BCUT2D eigenvalue weighted by atomic mass is 79.9. The number of fused-ring (bicyclic) bond motifs is 1. The van der Waals surface area contributed by atoms with Crippen LogP contribution in [0.5, 0.6) is 0 Å². The van der Waals surface area contributed by atoms with Gasteiger partial charge in [0.05, 0.1) is 0 Å². The van der Waals surface area contributed by atoms with Gasteiger partial charge in [0.1, 0.15) is 5.52 Å². The minimum Gasteiger partial charge on any atom is -0.436 e. The Kier molecular flexibility index (Phi) is 6.67. The monoisotopic (exact) mass is 507 g/mol. The van der Waals surface area contributed by atoms with Crippen molar-refractivity contribution in [3.63, 3.8) is 0 Å².